The van der Waals surface area contributed by atoms with Crippen LogP contribution in [0.15, 0.2) is 0 Å². The van der Waals surface area contributed by atoms with Crippen LogP contribution in [0, 0.1) is 0 Å². The molecule has 78 valence electrons. The van der Waals surface area contributed by atoms with E-state index in [-0.39, 0.29) is 0 Å². The van der Waals surface area contributed by atoms with E-state index in [1.54, 1.807) is 11.9 Å². The Kier molecular flexibility index (Phi) is 4.49. The minimum Gasteiger partial charge on any atom is -0.297 e. The van der Waals surface area contributed by atoms with E-state index < -0.39 is 6.17 Å². The van der Waals surface area contributed by atoms with Gasteiger partial charge in [-0.2, -0.15) is 0 Å². The second-order valence-corrected chi connectivity index (χ2v) is 4.64. The molecular weight excluding hydrogens is 187 g/mol. The number of hydrogen-bond acceptors (Lipinski definition) is 3. The molecule has 1 rings (SSSR count). The maximum atomic E-state index is 13.4. The third-order valence-electron chi connectivity index (χ3n) is 2.46. The highest BCUT2D eigenvalue weighted by Crippen LogP contribution is 2.14. The molecule has 0 radical (unpaired) electrons. The molecule has 1 unspecified atom stereocenters. The quantitative estimate of drug-likeness (QED) is 0.634. The second kappa shape index (κ2) is 5.17. The van der Waals surface area contributed by atoms with E-state index in [4.69, 9.17) is 0 Å². The van der Waals surface area contributed by atoms with Crippen molar-refractivity contribution in [3.8, 4) is 0 Å². The van der Waals surface area contributed by atoms with Crippen LogP contribution in [0.4, 0.5) is 4.39 Å². The van der Waals surface area contributed by atoms with Gasteiger partial charge in [-0.1, -0.05) is 11.9 Å². The fourth-order valence-electron chi connectivity index (χ4n) is 1.59. The highest BCUT2D eigenvalue weighted by molar-refractivity contribution is 7.96. The molecule has 1 fully saturated rings. The van der Waals surface area contributed by atoms with Gasteiger partial charge in [0, 0.05) is 32.2 Å². The first-order valence-corrected chi connectivity index (χ1v) is 5.98. The molecule has 1 atom stereocenters. The number of halogens is 1. The molecule has 0 amide bonds. The van der Waals surface area contributed by atoms with Crippen LogP contribution in [0.3, 0.4) is 0 Å². The fourth-order valence-corrected chi connectivity index (χ4v) is 2.17. The van der Waals surface area contributed by atoms with Crippen molar-refractivity contribution < 1.29 is 4.39 Å². The lowest BCUT2D eigenvalue weighted by atomic mass is 10.3. The summed E-state index contributed by atoms with van der Waals surface area (Å²) >= 11 is 1.64. The monoisotopic (exact) mass is 206 g/mol. The highest BCUT2D eigenvalue weighted by Gasteiger charge is 2.23. The fraction of sp³-hybridized carbons (Fsp3) is 1.00. The van der Waals surface area contributed by atoms with Crippen LogP contribution < -0.4 is 0 Å². The zero-order valence-electron chi connectivity index (χ0n) is 8.66. The second-order valence-electron chi connectivity index (χ2n) is 3.76. The van der Waals surface area contributed by atoms with E-state index in [1.807, 2.05) is 6.26 Å². The summed E-state index contributed by atoms with van der Waals surface area (Å²) in [6, 6.07) is 0.458. The van der Waals surface area contributed by atoms with E-state index in [0.717, 1.165) is 13.1 Å². The van der Waals surface area contributed by atoms with Crippen LogP contribution in [0.5, 0.6) is 0 Å². The number of alkyl halides is 1. The normalized spacial score (nSPS) is 27.9. The molecule has 0 saturated carbocycles. The number of nitrogens with zero attached hydrogens (tertiary/aromatic N) is 2. The van der Waals surface area contributed by atoms with Gasteiger partial charge in [-0.05, 0) is 20.1 Å². The zero-order chi connectivity index (χ0) is 9.84. The Bertz CT molecular complexity index is 155. The average Bonchev–Trinajstić information content (AvgIpc) is 2.26. The zero-order valence-corrected chi connectivity index (χ0v) is 9.48. The van der Waals surface area contributed by atoms with Crippen molar-refractivity contribution in [2.75, 3.05) is 32.4 Å². The van der Waals surface area contributed by atoms with Gasteiger partial charge in [-0.3, -0.25) is 4.90 Å². The van der Waals surface area contributed by atoms with E-state index in [2.05, 4.69) is 23.1 Å². The maximum absolute atomic E-state index is 13.4. The molecule has 13 heavy (non-hydrogen) atoms. The Morgan fingerprint density at radius 1 is 1.31 bits per heavy atom. The van der Waals surface area contributed by atoms with E-state index in [9.17, 15) is 4.39 Å². The van der Waals surface area contributed by atoms with Crippen molar-refractivity contribution in [2.45, 2.75) is 26.1 Å². The van der Waals surface area contributed by atoms with Crippen LogP contribution in [-0.2, 0) is 0 Å². The molecule has 1 aliphatic rings. The van der Waals surface area contributed by atoms with Gasteiger partial charge in [0.25, 0.3) is 0 Å². The Labute approximate surface area is 84.6 Å². The van der Waals surface area contributed by atoms with E-state index in [1.165, 1.54) is 0 Å². The van der Waals surface area contributed by atoms with Crippen LogP contribution in [0.25, 0.3) is 0 Å². The average molecular weight is 206 g/mol. The summed E-state index contributed by atoms with van der Waals surface area (Å²) in [7, 11) is 0. The Morgan fingerprint density at radius 3 is 2.54 bits per heavy atom. The molecule has 0 aromatic heterocycles. The molecule has 0 aliphatic carbocycles. The number of hydrogen-bond donors (Lipinski definition) is 0. The Morgan fingerprint density at radius 2 is 2.00 bits per heavy atom. The van der Waals surface area contributed by atoms with Crippen molar-refractivity contribution in [3.63, 3.8) is 0 Å². The van der Waals surface area contributed by atoms with Crippen molar-refractivity contribution in [1.29, 1.82) is 0 Å². The first kappa shape index (κ1) is 11.3. The van der Waals surface area contributed by atoms with Crippen molar-refractivity contribution >= 4 is 11.9 Å². The summed E-state index contributed by atoms with van der Waals surface area (Å²) in [5.41, 5.74) is 0. The van der Waals surface area contributed by atoms with Gasteiger partial charge in [-0.15, -0.1) is 0 Å². The van der Waals surface area contributed by atoms with Crippen molar-refractivity contribution in [2.24, 2.45) is 0 Å². The van der Waals surface area contributed by atoms with Crippen molar-refractivity contribution in [3.05, 3.63) is 0 Å². The SMILES string of the molecule is CSN1CCN(C(C)C)CC(F)C1. The Balaban J connectivity index is 2.47. The molecule has 4 heteroatoms. The van der Waals surface area contributed by atoms with Crippen LogP contribution >= 0.6 is 11.9 Å². The third-order valence-corrected chi connectivity index (χ3v) is 3.31. The van der Waals surface area contributed by atoms with E-state index >= 15 is 0 Å². The molecule has 2 nitrogen and oxygen atoms in total. The summed E-state index contributed by atoms with van der Waals surface area (Å²) in [6.45, 7) is 7.38. The van der Waals surface area contributed by atoms with Crippen LogP contribution in [0.2, 0.25) is 0 Å². The van der Waals surface area contributed by atoms with Gasteiger partial charge >= 0.3 is 0 Å². The van der Waals surface area contributed by atoms with Gasteiger partial charge in [-0.25, -0.2) is 8.70 Å². The molecule has 1 aliphatic heterocycles. The standard InChI is InChI=1S/C9H19FN2S/c1-8(2)11-4-5-12(13-3)7-9(10)6-11/h8-9H,4-7H2,1-3H3. The number of rotatable bonds is 2. The van der Waals surface area contributed by atoms with E-state index in [0.29, 0.717) is 19.1 Å². The molecular formula is C9H19FN2S. The minimum absolute atomic E-state index is 0.458. The maximum Gasteiger partial charge on any atom is 0.126 e. The summed E-state index contributed by atoms with van der Waals surface area (Å²) in [6.07, 6.45) is 1.31. The molecule has 0 aromatic carbocycles. The highest BCUT2D eigenvalue weighted by atomic mass is 32.2. The minimum atomic E-state index is -0.697. The molecule has 0 spiro atoms. The predicted octanol–water partition coefficient (Wildman–Crippen LogP) is 1.63. The summed E-state index contributed by atoms with van der Waals surface area (Å²) < 4.78 is 15.5. The third kappa shape index (κ3) is 3.44. The summed E-state index contributed by atoms with van der Waals surface area (Å²) in [5.74, 6) is 0. The molecule has 0 aromatic rings. The van der Waals surface area contributed by atoms with Gasteiger partial charge in [0.15, 0.2) is 0 Å². The molecule has 1 heterocycles. The first-order chi connectivity index (χ1) is 6.13. The van der Waals surface area contributed by atoms with Gasteiger partial charge in [0.2, 0.25) is 0 Å². The molecule has 0 N–H and O–H groups in total. The molecule has 1 saturated heterocycles. The smallest absolute Gasteiger partial charge is 0.126 e. The lowest BCUT2D eigenvalue weighted by molar-refractivity contribution is 0.181. The Hall–Kier alpha value is 0.200. The summed E-state index contributed by atoms with van der Waals surface area (Å²) in [5, 5.41) is 0. The topological polar surface area (TPSA) is 6.48 Å². The van der Waals surface area contributed by atoms with Crippen LogP contribution in [0.1, 0.15) is 13.8 Å². The van der Waals surface area contributed by atoms with Gasteiger partial charge in [0.05, 0.1) is 0 Å². The van der Waals surface area contributed by atoms with Crippen molar-refractivity contribution in [1.82, 2.24) is 9.21 Å². The van der Waals surface area contributed by atoms with Gasteiger partial charge < -0.3 is 0 Å². The predicted molar refractivity (Wildman–Crippen MR) is 56.7 cm³/mol. The van der Waals surface area contributed by atoms with Crippen LogP contribution in [-0.4, -0.2) is 53.9 Å². The lowest BCUT2D eigenvalue weighted by Gasteiger charge is -2.24. The van der Waals surface area contributed by atoms with Gasteiger partial charge in [0.1, 0.15) is 6.17 Å². The first-order valence-electron chi connectivity index (χ1n) is 4.80. The largest absolute Gasteiger partial charge is 0.297 e. The lowest BCUT2D eigenvalue weighted by Crippen LogP contribution is -2.36. The molecule has 0 bridgehead atoms. The summed E-state index contributed by atoms with van der Waals surface area (Å²) in [4.78, 5) is 2.21.